The van der Waals surface area contributed by atoms with Gasteiger partial charge < -0.3 is 31.5 Å². The van der Waals surface area contributed by atoms with Crippen LogP contribution in [0.15, 0.2) is 23.0 Å². The van der Waals surface area contributed by atoms with Crippen LogP contribution in [0.2, 0.25) is 5.02 Å². The molecule has 3 aliphatic carbocycles. The van der Waals surface area contributed by atoms with E-state index in [2.05, 4.69) is 21.2 Å². The number of primary amides is 1. The molecule has 1 saturated carbocycles. The van der Waals surface area contributed by atoms with Crippen LogP contribution < -0.4 is 11.1 Å². The summed E-state index contributed by atoms with van der Waals surface area (Å²) in [4.78, 5) is 52.2. The Labute approximate surface area is 231 Å². The molecule has 13 heteroatoms. The summed E-state index contributed by atoms with van der Waals surface area (Å²) in [6.45, 7) is 1.77. The second-order valence-corrected chi connectivity index (χ2v) is 11.5. The molecule has 1 aromatic rings. The molecule has 11 nitrogen and oxygen atoms in total. The highest BCUT2D eigenvalue weighted by molar-refractivity contribution is 9.10. The number of aliphatic hydroxyl groups excluding tert-OH is 2. The maximum absolute atomic E-state index is 13.8. The molecule has 0 radical (unpaired) electrons. The Morgan fingerprint density at radius 2 is 1.92 bits per heavy atom. The first kappa shape index (κ1) is 28.1. The lowest BCUT2D eigenvalue weighted by atomic mass is 9.57. The number of carbonyl (C=O) groups excluding carboxylic acids is 4. The van der Waals surface area contributed by atoms with E-state index >= 15 is 0 Å². The van der Waals surface area contributed by atoms with Crippen LogP contribution >= 0.6 is 27.5 Å². The van der Waals surface area contributed by atoms with Gasteiger partial charge in [-0.15, -0.1) is 0 Å². The second-order valence-electron chi connectivity index (χ2n) is 9.94. The number of hydrogen-bond acceptors (Lipinski definition) is 9. The Hall–Kier alpha value is -2.93. The van der Waals surface area contributed by atoms with Gasteiger partial charge in [-0.3, -0.25) is 24.1 Å². The van der Waals surface area contributed by atoms with E-state index < -0.39 is 74.5 Å². The first-order valence-corrected chi connectivity index (χ1v) is 13.1. The van der Waals surface area contributed by atoms with Crippen molar-refractivity contribution in [1.29, 1.82) is 0 Å². The molecule has 7 N–H and O–H groups in total. The fraction of sp³-hybridized carbons (Fsp3) is 0.440. The van der Waals surface area contributed by atoms with E-state index in [1.807, 2.05) is 0 Å². The van der Waals surface area contributed by atoms with E-state index in [-0.39, 0.29) is 34.7 Å². The van der Waals surface area contributed by atoms with Crippen LogP contribution in [0, 0.1) is 11.8 Å². The van der Waals surface area contributed by atoms with Gasteiger partial charge in [0.25, 0.3) is 5.91 Å². The van der Waals surface area contributed by atoms with Gasteiger partial charge in [-0.2, -0.15) is 0 Å². The lowest BCUT2D eigenvalue weighted by Crippen LogP contribution is -2.65. The summed E-state index contributed by atoms with van der Waals surface area (Å²) in [5.41, 5.74) is 1.45. The number of amides is 2. The number of nitrogens with one attached hydrogen (secondary N) is 1. The molecule has 0 heterocycles. The SMILES string of the molecule is CCC(Br)C(=O)Nc1c(Cl)cc2c(c1O)C(O)=C1C(=O)[C@]3(O)C(O)=C(C(N)=O)C(=O)[C@@H](N(C)C)C3CC1C2. The number of anilines is 1. The zero-order chi connectivity index (χ0) is 28.4. The number of alkyl halides is 1. The summed E-state index contributed by atoms with van der Waals surface area (Å²) in [5.74, 6) is -8.05. The van der Waals surface area contributed by atoms with Gasteiger partial charge in [0.1, 0.15) is 22.8 Å². The smallest absolute Gasteiger partial charge is 0.255 e. The fourth-order valence-electron chi connectivity index (χ4n) is 5.77. The van der Waals surface area contributed by atoms with Crippen LogP contribution in [0.1, 0.15) is 30.9 Å². The number of halogens is 2. The normalized spacial score (nSPS) is 27.6. The number of likely N-dealkylation sites (N-methyl/N-ethyl adjacent to an activating group) is 1. The van der Waals surface area contributed by atoms with Gasteiger partial charge in [-0.25, -0.2) is 0 Å². The highest BCUT2D eigenvalue weighted by atomic mass is 79.9. The monoisotopic (exact) mass is 611 g/mol. The topological polar surface area (TPSA) is 190 Å². The number of carbonyl (C=O) groups is 4. The van der Waals surface area contributed by atoms with E-state index in [0.29, 0.717) is 12.0 Å². The summed E-state index contributed by atoms with van der Waals surface area (Å²) in [6, 6.07) is 0.287. The number of phenolic OH excluding ortho intramolecular Hbond substituents is 1. The van der Waals surface area contributed by atoms with Crippen molar-refractivity contribution < 1.29 is 39.6 Å². The number of aromatic hydroxyl groups is 1. The molecule has 0 saturated heterocycles. The molecule has 0 bridgehead atoms. The van der Waals surface area contributed by atoms with Gasteiger partial charge in [0, 0.05) is 11.5 Å². The lowest BCUT2D eigenvalue weighted by Gasteiger charge is -2.50. The third kappa shape index (κ3) is 3.93. The van der Waals surface area contributed by atoms with Crippen LogP contribution in [-0.2, 0) is 25.6 Å². The number of hydrogen-bond donors (Lipinski definition) is 6. The van der Waals surface area contributed by atoms with E-state index in [4.69, 9.17) is 17.3 Å². The number of benzene rings is 1. The number of ketones is 2. The van der Waals surface area contributed by atoms with Crippen molar-refractivity contribution in [2.75, 3.05) is 19.4 Å². The van der Waals surface area contributed by atoms with Gasteiger partial charge in [-0.1, -0.05) is 34.5 Å². The zero-order valence-electron chi connectivity index (χ0n) is 20.7. The largest absolute Gasteiger partial charge is 0.508 e. The number of fused-ring (bicyclic) bond motifs is 3. The number of nitrogens with zero attached hydrogens (tertiary/aromatic N) is 1. The molecule has 0 aromatic heterocycles. The molecule has 5 atom stereocenters. The van der Waals surface area contributed by atoms with Gasteiger partial charge in [0.2, 0.25) is 11.7 Å². The Morgan fingerprint density at radius 3 is 2.47 bits per heavy atom. The van der Waals surface area contributed by atoms with E-state index in [0.717, 1.165) is 0 Å². The molecule has 1 fully saturated rings. The molecule has 4 rings (SSSR count). The highest BCUT2D eigenvalue weighted by Gasteiger charge is 2.64. The third-order valence-corrected chi connectivity index (χ3v) is 8.92. The zero-order valence-corrected chi connectivity index (χ0v) is 23.1. The minimum atomic E-state index is -2.73. The summed E-state index contributed by atoms with van der Waals surface area (Å²) >= 11 is 9.57. The number of phenols is 1. The molecule has 0 aliphatic heterocycles. The second kappa shape index (κ2) is 9.67. The van der Waals surface area contributed by atoms with Crippen LogP contribution in [0.4, 0.5) is 5.69 Å². The number of rotatable bonds is 5. The molecule has 3 unspecified atom stereocenters. The molecule has 204 valence electrons. The average molecular weight is 613 g/mol. The van der Waals surface area contributed by atoms with Gasteiger partial charge >= 0.3 is 0 Å². The van der Waals surface area contributed by atoms with Crippen molar-refractivity contribution >= 4 is 62.4 Å². The van der Waals surface area contributed by atoms with E-state index in [9.17, 15) is 39.6 Å². The minimum absolute atomic E-state index is 0.00554. The van der Waals surface area contributed by atoms with E-state index in [1.54, 1.807) is 6.92 Å². The van der Waals surface area contributed by atoms with Crippen molar-refractivity contribution in [2.45, 2.75) is 42.7 Å². The van der Waals surface area contributed by atoms with Crippen LogP contribution in [0.25, 0.3) is 5.76 Å². The summed E-state index contributed by atoms with van der Waals surface area (Å²) in [5, 5.41) is 47.3. The Balaban J connectivity index is 1.91. The molecule has 1 aromatic carbocycles. The summed E-state index contributed by atoms with van der Waals surface area (Å²) in [7, 11) is 3.05. The average Bonchev–Trinajstić information content (AvgIpc) is 2.82. The van der Waals surface area contributed by atoms with E-state index in [1.165, 1.54) is 25.1 Å². The van der Waals surface area contributed by atoms with Crippen LogP contribution in [0.5, 0.6) is 5.75 Å². The molecule has 3 aliphatic rings. The number of nitrogens with two attached hydrogens (primary N) is 1. The van der Waals surface area contributed by atoms with Crippen molar-refractivity contribution in [3.05, 3.63) is 39.1 Å². The van der Waals surface area contributed by atoms with Crippen LogP contribution in [0.3, 0.4) is 0 Å². The highest BCUT2D eigenvalue weighted by Crippen LogP contribution is 2.54. The van der Waals surface area contributed by atoms with Crippen molar-refractivity contribution in [2.24, 2.45) is 17.6 Å². The fourth-order valence-corrected chi connectivity index (χ4v) is 6.15. The van der Waals surface area contributed by atoms with Gasteiger partial charge in [0.15, 0.2) is 17.1 Å². The maximum atomic E-state index is 13.8. The summed E-state index contributed by atoms with van der Waals surface area (Å²) < 4.78 is 0. The standard InChI is InChI=1S/C25H27BrClN3O8/c1-4-11(26)24(37)29-16-12(27)7-9-5-8-6-10-17(30(2)3)20(33)15(23(28)36)22(35)25(10,38)21(34)14(8)18(31)13(9)19(16)32/h7-8,10-11,17,31-32,35,38H,4-6H2,1-3H3,(H2,28,36)(H,29,37)/t8?,10?,11?,17-,25-/m0/s1. The van der Waals surface area contributed by atoms with Crippen LogP contribution in [-0.4, -0.2) is 79.3 Å². The Morgan fingerprint density at radius 1 is 1.29 bits per heavy atom. The van der Waals surface area contributed by atoms with Gasteiger partial charge in [0.05, 0.1) is 21.5 Å². The lowest BCUT2D eigenvalue weighted by molar-refractivity contribution is -0.153. The number of aliphatic hydroxyl groups is 3. The predicted molar refractivity (Wildman–Crippen MR) is 141 cm³/mol. The molecule has 0 spiro atoms. The molecule has 2 amide bonds. The molecular weight excluding hydrogens is 586 g/mol. The van der Waals surface area contributed by atoms with Crippen molar-refractivity contribution in [3.8, 4) is 5.75 Å². The predicted octanol–water partition coefficient (Wildman–Crippen LogP) is 1.73. The number of Topliss-reactive ketones (excluding diaryl/α,β-unsaturated/α-hetero) is 2. The first-order valence-electron chi connectivity index (χ1n) is 11.8. The summed E-state index contributed by atoms with van der Waals surface area (Å²) in [6.07, 6.45) is 0.498. The third-order valence-electron chi connectivity index (χ3n) is 7.55. The van der Waals surface area contributed by atoms with Crippen molar-refractivity contribution in [3.63, 3.8) is 0 Å². The molecule has 38 heavy (non-hydrogen) atoms. The first-order chi connectivity index (χ1) is 17.7. The molecular formula is C25H27BrClN3O8. The van der Waals surface area contributed by atoms with Gasteiger partial charge in [-0.05, 0) is 50.9 Å². The quantitative estimate of drug-likeness (QED) is 0.163. The maximum Gasteiger partial charge on any atom is 0.255 e. The van der Waals surface area contributed by atoms with Crippen molar-refractivity contribution in [1.82, 2.24) is 4.90 Å². The minimum Gasteiger partial charge on any atom is -0.508 e. The Bertz CT molecular complexity index is 1360. The Kier molecular flexibility index (Phi) is 7.15.